The van der Waals surface area contributed by atoms with Crippen molar-refractivity contribution in [3.8, 4) is 0 Å². The van der Waals surface area contributed by atoms with Gasteiger partial charge in [0.2, 0.25) is 5.91 Å². The summed E-state index contributed by atoms with van der Waals surface area (Å²) in [5.41, 5.74) is 0.956. The van der Waals surface area contributed by atoms with Gasteiger partial charge in [-0.15, -0.1) is 11.8 Å². The molecule has 0 atom stereocenters. The number of hydrogen-bond donors (Lipinski definition) is 1. The lowest BCUT2D eigenvalue weighted by Crippen LogP contribution is -2.16. The minimum Gasteiger partial charge on any atom is -0.311 e. The molecule has 0 bridgehead atoms. The molecule has 7 heteroatoms. The summed E-state index contributed by atoms with van der Waals surface area (Å²) >= 11 is 13.8. The fourth-order valence-electron chi connectivity index (χ4n) is 2.51. The van der Waals surface area contributed by atoms with E-state index in [4.69, 9.17) is 23.2 Å². The van der Waals surface area contributed by atoms with Gasteiger partial charge < -0.3 is 5.32 Å². The first-order valence-corrected chi connectivity index (χ1v) is 10.3. The summed E-state index contributed by atoms with van der Waals surface area (Å²) in [6.07, 6.45) is 2.92. The number of aromatic nitrogens is 2. The lowest BCUT2D eigenvalue weighted by atomic mass is 10.2. The predicted molar refractivity (Wildman–Crippen MR) is 113 cm³/mol. The topological polar surface area (TPSA) is 46.9 Å². The van der Waals surface area contributed by atoms with Crippen LogP contribution in [-0.2, 0) is 11.3 Å². The van der Waals surface area contributed by atoms with Gasteiger partial charge in [0.05, 0.1) is 12.7 Å². The number of nitrogens with one attached hydrogen (secondary N) is 1. The summed E-state index contributed by atoms with van der Waals surface area (Å²) in [6.45, 7) is 0.509. The number of amides is 1. The summed E-state index contributed by atoms with van der Waals surface area (Å²) in [6, 6.07) is 17.1. The molecule has 0 aliphatic carbocycles. The molecule has 4 nitrogen and oxygen atoms in total. The van der Waals surface area contributed by atoms with Crippen LogP contribution in [0.4, 0.5) is 5.82 Å². The van der Waals surface area contributed by atoms with Gasteiger partial charge in [0.1, 0.15) is 5.82 Å². The predicted octanol–water partition coefficient (Wildman–Crippen LogP) is 5.75. The number of halogens is 2. The largest absolute Gasteiger partial charge is 0.311 e. The third-order valence-electron chi connectivity index (χ3n) is 3.89. The van der Waals surface area contributed by atoms with Crippen molar-refractivity contribution < 1.29 is 4.79 Å². The molecule has 0 aliphatic heterocycles. The zero-order valence-electron chi connectivity index (χ0n) is 14.6. The van der Waals surface area contributed by atoms with E-state index >= 15 is 0 Å². The van der Waals surface area contributed by atoms with Crippen LogP contribution in [0.1, 0.15) is 18.4 Å². The second-order valence-corrected chi connectivity index (χ2v) is 7.93. The Kier molecular flexibility index (Phi) is 7.21. The third kappa shape index (κ3) is 6.03. The highest BCUT2D eigenvalue weighted by Gasteiger charge is 2.09. The number of carbonyl (C=O) groups is 1. The van der Waals surface area contributed by atoms with Gasteiger partial charge in [-0.25, -0.2) is 4.68 Å². The molecule has 1 aromatic heterocycles. The van der Waals surface area contributed by atoms with E-state index in [9.17, 15) is 4.79 Å². The lowest BCUT2D eigenvalue weighted by molar-refractivity contribution is -0.116. The number of thioether (sulfide) groups is 1. The fourth-order valence-corrected chi connectivity index (χ4v) is 3.69. The molecular weight excluding hydrogens is 401 g/mol. The molecule has 0 fully saturated rings. The summed E-state index contributed by atoms with van der Waals surface area (Å²) in [5, 5.41) is 8.62. The summed E-state index contributed by atoms with van der Waals surface area (Å²) in [5.74, 6) is 1.52. The average Bonchev–Trinajstić information content (AvgIpc) is 3.09. The third-order valence-corrected chi connectivity index (χ3v) is 5.61. The van der Waals surface area contributed by atoms with Crippen LogP contribution in [0.15, 0.2) is 65.7 Å². The van der Waals surface area contributed by atoms with Gasteiger partial charge in [0.25, 0.3) is 0 Å². The monoisotopic (exact) mass is 419 g/mol. The first kappa shape index (κ1) is 19.8. The summed E-state index contributed by atoms with van der Waals surface area (Å²) < 4.78 is 1.74. The van der Waals surface area contributed by atoms with E-state index < -0.39 is 0 Å². The molecule has 0 saturated carbocycles. The van der Waals surface area contributed by atoms with Gasteiger partial charge in [-0.2, -0.15) is 5.10 Å². The lowest BCUT2D eigenvalue weighted by Gasteiger charge is -2.10. The van der Waals surface area contributed by atoms with Crippen molar-refractivity contribution in [1.82, 2.24) is 9.78 Å². The van der Waals surface area contributed by atoms with E-state index in [0.29, 0.717) is 23.8 Å². The molecule has 27 heavy (non-hydrogen) atoms. The van der Waals surface area contributed by atoms with E-state index in [1.165, 1.54) is 0 Å². The van der Waals surface area contributed by atoms with E-state index in [2.05, 4.69) is 10.4 Å². The molecule has 2 aromatic carbocycles. The Morgan fingerprint density at radius 3 is 2.63 bits per heavy atom. The number of hydrogen-bond acceptors (Lipinski definition) is 3. The highest BCUT2D eigenvalue weighted by atomic mass is 35.5. The SMILES string of the molecule is O=C(CCCSc1ccc(Cl)cc1)Nc1ccnn1Cc1ccccc1Cl. The van der Waals surface area contributed by atoms with Crippen LogP contribution in [-0.4, -0.2) is 21.4 Å². The van der Waals surface area contributed by atoms with Crippen LogP contribution in [0.2, 0.25) is 10.0 Å². The molecule has 0 spiro atoms. The number of carbonyl (C=O) groups excluding carboxylic acids is 1. The van der Waals surface area contributed by atoms with Gasteiger partial charge in [0, 0.05) is 27.4 Å². The summed E-state index contributed by atoms with van der Waals surface area (Å²) in [7, 11) is 0. The zero-order valence-corrected chi connectivity index (χ0v) is 16.9. The Balaban J connectivity index is 1.46. The Hall–Kier alpha value is -1.95. The quantitative estimate of drug-likeness (QED) is 0.373. The maximum Gasteiger partial charge on any atom is 0.225 e. The Morgan fingerprint density at radius 1 is 1.07 bits per heavy atom. The van der Waals surface area contributed by atoms with Crippen molar-refractivity contribution in [1.29, 1.82) is 0 Å². The number of rotatable bonds is 8. The second kappa shape index (κ2) is 9.83. The molecule has 1 amide bonds. The number of nitrogens with zero attached hydrogens (tertiary/aromatic N) is 2. The molecular formula is C20H19Cl2N3OS. The average molecular weight is 420 g/mol. The molecule has 1 heterocycles. The number of anilines is 1. The van der Waals surface area contributed by atoms with Crippen molar-refractivity contribution in [3.63, 3.8) is 0 Å². The smallest absolute Gasteiger partial charge is 0.225 e. The Morgan fingerprint density at radius 2 is 1.85 bits per heavy atom. The van der Waals surface area contributed by atoms with Gasteiger partial charge in [-0.3, -0.25) is 4.79 Å². The molecule has 3 aromatic rings. The van der Waals surface area contributed by atoms with E-state index in [1.807, 2.05) is 48.5 Å². The van der Waals surface area contributed by atoms with Crippen molar-refractivity contribution in [3.05, 3.63) is 76.4 Å². The number of benzene rings is 2. The van der Waals surface area contributed by atoms with Gasteiger partial charge >= 0.3 is 0 Å². The van der Waals surface area contributed by atoms with Gasteiger partial charge in [0.15, 0.2) is 0 Å². The maximum absolute atomic E-state index is 12.2. The molecule has 3 rings (SSSR count). The standard InChI is InChI=1S/C20H19Cl2N3OS/c21-16-7-9-17(10-8-16)27-13-3-6-20(26)24-19-11-12-23-25(19)14-15-4-1-2-5-18(15)22/h1-2,4-5,7-12H,3,6,13-14H2,(H,24,26). The van der Waals surface area contributed by atoms with Gasteiger partial charge in [-0.1, -0.05) is 41.4 Å². The molecule has 0 unspecified atom stereocenters. The maximum atomic E-state index is 12.2. The highest BCUT2D eigenvalue weighted by molar-refractivity contribution is 7.99. The van der Waals surface area contributed by atoms with Crippen molar-refractivity contribution in [2.45, 2.75) is 24.3 Å². The molecule has 0 aliphatic rings. The van der Waals surface area contributed by atoms with E-state index in [1.54, 1.807) is 28.7 Å². The van der Waals surface area contributed by atoms with Crippen LogP contribution in [0.25, 0.3) is 0 Å². The normalized spacial score (nSPS) is 10.7. The first-order valence-electron chi connectivity index (χ1n) is 8.55. The van der Waals surface area contributed by atoms with Crippen LogP contribution in [0, 0.1) is 0 Å². The Labute approximate surface area is 172 Å². The molecule has 0 radical (unpaired) electrons. The minimum absolute atomic E-state index is 0.0207. The fraction of sp³-hybridized carbons (Fsp3) is 0.200. The molecule has 1 N–H and O–H groups in total. The van der Waals surface area contributed by atoms with Crippen LogP contribution in [0.5, 0.6) is 0 Å². The Bertz CT molecular complexity index is 896. The van der Waals surface area contributed by atoms with Gasteiger partial charge in [-0.05, 0) is 48.1 Å². The molecule has 0 saturated heterocycles. The van der Waals surface area contributed by atoms with Crippen molar-refractivity contribution in [2.24, 2.45) is 0 Å². The second-order valence-electron chi connectivity index (χ2n) is 5.92. The van der Waals surface area contributed by atoms with Crippen molar-refractivity contribution >= 4 is 46.7 Å². The highest BCUT2D eigenvalue weighted by Crippen LogP contribution is 2.22. The van der Waals surface area contributed by atoms with E-state index in [0.717, 1.165) is 27.7 Å². The first-order chi connectivity index (χ1) is 13.1. The zero-order chi connectivity index (χ0) is 19.1. The van der Waals surface area contributed by atoms with E-state index in [-0.39, 0.29) is 5.91 Å². The summed E-state index contributed by atoms with van der Waals surface area (Å²) in [4.78, 5) is 13.4. The minimum atomic E-state index is -0.0207. The molecule has 140 valence electrons. The van der Waals surface area contributed by atoms with Crippen LogP contribution < -0.4 is 5.32 Å². The van der Waals surface area contributed by atoms with Crippen molar-refractivity contribution in [2.75, 3.05) is 11.1 Å². The van der Waals surface area contributed by atoms with Crippen LogP contribution in [0.3, 0.4) is 0 Å². The van der Waals surface area contributed by atoms with Crippen LogP contribution >= 0.6 is 35.0 Å².